The number of ether oxygens (including phenoxy) is 1. The van der Waals surface area contributed by atoms with Crippen molar-refractivity contribution in [2.24, 2.45) is 11.8 Å². The Kier molecular flexibility index (Phi) is 6.01. The quantitative estimate of drug-likeness (QED) is 0.624. The molecule has 0 atom stereocenters. The molecule has 1 N–H and O–H groups in total. The lowest BCUT2D eigenvalue weighted by Crippen LogP contribution is -2.51. The van der Waals surface area contributed by atoms with Crippen LogP contribution < -0.4 is 5.32 Å². The lowest BCUT2D eigenvalue weighted by Gasteiger charge is -2.44. The maximum absolute atomic E-state index is 12.3. The van der Waals surface area contributed by atoms with Crippen molar-refractivity contribution in [2.75, 3.05) is 18.4 Å². The van der Waals surface area contributed by atoms with E-state index in [-0.39, 0.29) is 23.7 Å². The minimum atomic E-state index is -0.434. The maximum Gasteiger partial charge on any atom is 0.309 e. The molecule has 2 fully saturated rings. The van der Waals surface area contributed by atoms with Gasteiger partial charge in [0.15, 0.2) is 0 Å². The number of carbonyl (C=O) groups is 2. The number of esters is 1. The molecule has 27 heavy (non-hydrogen) atoms. The van der Waals surface area contributed by atoms with E-state index in [9.17, 15) is 9.59 Å². The fourth-order valence-electron chi connectivity index (χ4n) is 3.62. The fourth-order valence-corrected chi connectivity index (χ4v) is 3.76. The van der Waals surface area contributed by atoms with E-state index in [0.717, 1.165) is 38.8 Å². The van der Waals surface area contributed by atoms with Crippen molar-refractivity contribution in [3.05, 3.63) is 17.5 Å². The zero-order valence-electron chi connectivity index (χ0n) is 16.1. The Hall–Kier alpha value is -1.73. The fraction of sp³-hybridized carbons (Fsp3) is 0.684. The zero-order valence-corrected chi connectivity index (χ0v) is 16.8. The summed E-state index contributed by atoms with van der Waals surface area (Å²) >= 11 is 5.81. The largest absolute Gasteiger partial charge is 0.460 e. The van der Waals surface area contributed by atoms with Gasteiger partial charge in [-0.3, -0.25) is 9.59 Å². The highest BCUT2D eigenvalue weighted by atomic mass is 35.5. The van der Waals surface area contributed by atoms with Crippen LogP contribution in [0.3, 0.4) is 0 Å². The van der Waals surface area contributed by atoms with Crippen molar-refractivity contribution in [1.82, 2.24) is 14.9 Å². The summed E-state index contributed by atoms with van der Waals surface area (Å²) in [7, 11) is 0. The van der Waals surface area contributed by atoms with E-state index in [4.69, 9.17) is 16.3 Å². The third kappa shape index (κ3) is 5.39. The highest BCUT2D eigenvalue weighted by molar-refractivity contribution is 6.29. The average Bonchev–Trinajstić information content (AvgIpc) is 2.52. The molecule has 0 spiro atoms. The van der Waals surface area contributed by atoms with E-state index >= 15 is 0 Å². The number of nitrogens with one attached hydrogen (secondary N) is 1. The number of amides is 1. The Balaban J connectivity index is 1.40. The van der Waals surface area contributed by atoms with E-state index in [2.05, 4.69) is 20.2 Å². The van der Waals surface area contributed by atoms with Crippen molar-refractivity contribution < 1.29 is 14.3 Å². The maximum atomic E-state index is 12.3. The summed E-state index contributed by atoms with van der Waals surface area (Å²) in [6.07, 6.45) is 4.64. The van der Waals surface area contributed by atoms with Gasteiger partial charge in [0.2, 0.25) is 5.91 Å². The van der Waals surface area contributed by atoms with Crippen LogP contribution in [0, 0.1) is 11.8 Å². The van der Waals surface area contributed by atoms with Gasteiger partial charge in [0.1, 0.15) is 22.9 Å². The Morgan fingerprint density at radius 1 is 1.19 bits per heavy atom. The van der Waals surface area contributed by atoms with E-state index < -0.39 is 5.60 Å². The molecule has 0 bridgehead atoms. The van der Waals surface area contributed by atoms with Gasteiger partial charge in [-0.15, -0.1) is 0 Å². The molecule has 1 saturated heterocycles. The van der Waals surface area contributed by atoms with Crippen LogP contribution in [0.4, 0.5) is 5.82 Å². The Morgan fingerprint density at radius 3 is 2.44 bits per heavy atom. The van der Waals surface area contributed by atoms with Crippen LogP contribution in [0.15, 0.2) is 12.4 Å². The van der Waals surface area contributed by atoms with Crippen molar-refractivity contribution >= 4 is 29.3 Å². The van der Waals surface area contributed by atoms with Crippen molar-refractivity contribution in [3.63, 3.8) is 0 Å². The molecule has 148 valence electrons. The van der Waals surface area contributed by atoms with Crippen LogP contribution in [0.2, 0.25) is 5.15 Å². The van der Waals surface area contributed by atoms with Gasteiger partial charge in [0, 0.05) is 18.0 Å². The van der Waals surface area contributed by atoms with E-state index in [0.29, 0.717) is 17.0 Å². The minimum Gasteiger partial charge on any atom is -0.460 e. The molecule has 1 aromatic heterocycles. The van der Waals surface area contributed by atoms with Gasteiger partial charge in [-0.2, -0.15) is 0 Å². The lowest BCUT2D eigenvalue weighted by atomic mass is 9.77. The second-order valence-corrected chi connectivity index (χ2v) is 8.77. The molecule has 1 aromatic rings. The molecule has 3 rings (SSSR count). The number of piperidine rings is 1. The molecular weight excluding hydrogens is 368 g/mol. The third-order valence-corrected chi connectivity index (χ3v) is 5.36. The van der Waals surface area contributed by atoms with Gasteiger partial charge in [0.25, 0.3) is 0 Å². The normalized spacial score (nSPS) is 24.1. The highest BCUT2D eigenvalue weighted by Gasteiger charge is 2.40. The third-order valence-electron chi connectivity index (χ3n) is 5.16. The van der Waals surface area contributed by atoms with Crippen molar-refractivity contribution in [3.8, 4) is 0 Å². The predicted molar refractivity (Wildman–Crippen MR) is 102 cm³/mol. The van der Waals surface area contributed by atoms with Crippen LogP contribution in [-0.2, 0) is 14.3 Å². The smallest absolute Gasteiger partial charge is 0.309 e. The number of hydrogen-bond acceptors (Lipinski definition) is 6. The summed E-state index contributed by atoms with van der Waals surface area (Å²) in [6.45, 7) is 7.45. The second-order valence-electron chi connectivity index (χ2n) is 8.38. The number of aromatic nitrogens is 2. The summed E-state index contributed by atoms with van der Waals surface area (Å²) in [6, 6.07) is 1.95. The van der Waals surface area contributed by atoms with Gasteiger partial charge in [-0.1, -0.05) is 11.6 Å². The van der Waals surface area contributed by atoms with E-state index in [1.165, 1.54) is 12.4 Å². The van der Waals surface area contributed by atoms with Crippen LogP contribution >= 0.6 is 11.6 Å². The summed E-state index contributed by atoms with van der Waals surface area (Å²) in [5, 5.41) is 3.10. The zero-order chi connectivity index (χ0) is 19.6. The first-order chi connectivity index (χ1) is 12.7. The molecule has 0 radical (unpaired) electrons. The van der Waals surface area contributed by atoms with Gasteiger partial charge >= 0.3 is 5.97 Å². The molecule has 1 saturated carbocycles. The SMILES string of the molecule is CC(C)(C)OC(=O)C1CCN(C2CC(C(=O)Nc3cc(Cl)ncn3)C2)CC1. The predicted octanol–water partition coefficient (Wildman–Crippen LogP) is 2.90. The van der Waals surface area contributed by atoms with E-state index in [1.54, 1.807) is 0 Å². The molecular formula is C19H27ClN4O3. The number of likely N-dealkylation sites (tertiary alicyclic amines) is 1. The second kappa shape index (κ2) is 8.10. The molecule has 7 nitrogen and oxygen atoms in total. The highest BCUT2D eigenvalue weighted by Crippen LogP contribution is 2.35. The molecule has 1 aliphatic heterocycles. The molecule has 2 heterocycles. The molecule has 1 amide bonds. The Bertz CT molecular complexity index is 692. The van der Waals surface area contributed by atoms with Gasteiger partial charge < -0.3 is 15.0 Å². The van der Waals surface area contributed by atoms with Gasteiger partial charge in [0.05, 0.1) is 5.92 Å². The average molecular weight is 395 g/mol. The first-order valence-electron chi connectivity index (χ1n) is 9.46. The number of halogens is 1. The summed E-state index contributed by atoms with van der Waals surface area (Å²) < 4.78 is 5.50. The van der Waals surface area contributed by atoms with E-state index in [1.807, 2.05) is 20.8 Å². The first kappa shape index (κ1) is 20.0. The summed E-state index contributed by atoms with van der Waals surface area (Å²) in [5.41, 5.74) is -0.434. The minimum absolute atomic E-state index is 0.00711. The Labute approximate surface area is 164 Å². The van der Waals surface area contributed by atoms with Crippen LogP contribution in [0.5, 0.6) is 0 Å². The van der Waals surface area contributed by atoms with Gasteiger partial charge in [-0.05, 0) is 59.5 Å². The topological polar surface area (TPSA) is 84.4 Å². The van der Waals surface area contributed by atoms with Gasteiger partial charge in [-0.25, -0.2) is 9.97 Å². The van der Waals surface area contributed by atoms with Crippen LogP contribution in [0.25, 0.3) is 0 Å². The lowest BCUT2D eigenvalue weighted by molar-refractivity contribution is -0.162. The molecule has 1 aliphatic carbocycles. The standard InChI is InChI=1S/C19H27ClN4O3/c1-19(2,3)27-18(26)12-4-6-24(7-5-12)14-8-13(9-14)17(25)23-16-10-15(20)21-11-22-16/h10-14H,4-9H2,1-3H3,(H,21,22,23,25). The number of rotatable bonds is 4. The Morgan fingerprint density at radius 2 is 1.85 bits per heavy atom. The van der Waals surface area contributed by atoms with Crippen LogP contribution in [-0.4, -0.2) is 51.5 Å². The molecule has 0 aromatic carbocycles. The molecule has 0 unspecified atom stereocenters. The van der Waals surface area contributed by atoms with Crippen LogP contribution in [0.1, 0.15) is 46.5 Å². The first-order valence-corrected chi connectivity index (χ1v) is 9.84. The number of hydrogen-bond donors (Lipinski definition) is 1. The monoisotopic (exact) mass is 394 g/mol. The summed E-state index contributed by atoms with van der Waals surface area (Å²) in [5.74, 6) is 0.303. The summed E-state index contributed by atoms with van der Waals surface area (Å²) in [4.78, 5) is 34.7. The number of nitrogens with zero attached hydrogens (tertiary/aromatic N) is 3. The van der Waals surface area contributed by atoms with Crippen molar-refractivity contribution in [1.29, 1.82) is 0 Å². The molecule has 2 aliphatic rings. The molecule has 8 heteroatoms. The number of carbonyl (C=O) groups excluding carboxylic acids is 2. The van der Waals surface area contributed by atoms with Crippen molar-refractivity contribution in [2.45, 2.75) is 58.1 Å². The number of anilines is 1.